The summed E-state index contributed by atoms with van der Waals surface area (Å²) in [6.07, 6.45) is 0.610. The third-order valence-electron chi connectivity index (χ3n) is 3.30. The fraction of sp³-hybridized carbons (Fsp3) is 0.125. The van der Waals surface area contributed by atoms with Crippen molar-refractivity contribution in [1.29, 1.82) is 0 Å². The van der Waals surface area contributed by atoms with Crippen LogP contribution in [0.25, 0.3) is 16.6 Å². The highest BCUT2D eigenvalue weighted by molar-refractivity contribution is 9.10. The fourth-order valence-electron chi connectivity index (χ4n) is 2.30. The molecule has 3 aromatic rings. The lowest BCUT2D eigenvalue weighted by atomic mass is 10.2. The number of benzene rings is 2. The van der Waals surface area contributed by atoms with Gasteiger partial charge in [-0.1, -0.05) is 22.9 Å². The van der Waals surface area contributed by atoms with Gasteiger partial charge in [0.2, 0.25) is 0 Å². The smallest absolute Gasteiger partial charge is 0.266 e. The topological polar surface area (TPSA) is 34.9 Å². The Morgan fingerprint density at radius 2 is 1.90 bits per heavy atom. The molecular weight excluding hydrogens is 335 g/mol. The zero-order chi connectivity index (χ0) is 15.0. The lowest BCUT2D eigenvalue weighted by Gasteiger charge is -2.12. The standard InChI is InChI=1S/C16H12BrFN2O/c1-2-15-19-14-8-5-11(18)9-13(14)16(21)20(15)12-6-3-10(17)4-7-12/h3-9H,2H2,1H3. The molecule has 0 spiro atoms. The first-order valence-electron chi connectivity index (χ1n) is 6.57. The molecule has 0 amide bonds. The minimum atomic E-state index is -0.437. The van der Waals surface area contributed by atoms with Gasteiger partial charge in [-0.3, -0.25) is 9.36 Å². The van der Waals surface area contributed by atoms with Crippen molar-refractivity contribution in [3.05, 3.63) is 68.9 Å². The van der Waals surface area contributed by atoms with Crippen LogP contribution in [0.5, 0.6) is 0 Å². The van der Waals surface area contributed by atoms with Crippen LogP contribution in [-0.4, -0.2) is 9.55 Å². The predicted octanol–water partition coefficient (Wildman–Crippen LogP) is 3.85. The van der Waals surface area contributed by atoms with Crippen molar-refractivity contribution in [1.82, 2.24) is 9.55 Å². The Morgan fingerprint density at radius 1 is 1.19 bits per heavy atom. The molecule has 0 atom stereocenters. The van der Waals surface area contributed by atoms with Gasteiger partial charge in [-0.05, 0) is 42.5 Å². The number of aryl methyl sites for hydroxylation is 1. The van der Waals surface area contributed by atoms with Gasteiger partial charge in [0.25, 0.3) is 5.56 Å². The summed E-state index contributed by atoms with van der Waals surface area (Å²) in [4.78, 5) is 17.2. The van der Waals surface area contributed by atoms with E-state index in [-0.39, 0.29) is 10.9 Å². The lowest BCUT2D eigenvalue weighted by molar-refractivity contribution is 0.629. The number of aromatic nitrogens is 2. The minimum Gasteiger partial charge on any atom is -0.268 e. The lowest BCUT2D eigenvalue weighted by Crippen LogP contribution is -2.23. The van der Waals surface area contributed by atoms with Crippen molar-refractivity contribution in [2.24, 2.45) is 0 Å². The summed E-state index contributed by atoms with van der Waals surface area (Å²) in [5, 5.41) is 0.287. The van der Waals surface area contributed by atoms with Crippen LogP contribution >= 0.6 is 15.9 Å². The highest BCUT2D eigenvalue weighted by atomic mass is 79.9. The van der Waals surface area contributed by atoms with Gasteiger partial charge in [-0.25, -0.2) is 9.37 Å². The Hall–Kier alpha value is -2.01. The molecule has 2 aromatic carbocycles. The van der Waals surface area contributed by atoms with Crippen LogP contribution in [0, 0.1) is 5.82 Å². The maximum atomic E-state index is 13.4. The van der Waals surface area contributed by atoms with Crippen LogP contribution in [0.2, 0.25) is 0 Å². The number of halogens is 2. The molecule has 0 aliphatic carbocycles. The molecule has 5 heteroatoms. The van der Waals surface area contributed by atoms with Gasteiger partial charge >= 0.3 is 0 Å². The molecule has 1 aromatic heterocycles. The van der Waals surface area contributed by atoms with E-state index in [0.717, 1.165) is 10.2 Å². The second-order valence-electron chi connectivity index (χ2n) is 4.66. The van der Waals surface area contributed by atoms with E-state index in [1.165, 1.54) is 22.8 Å². The van der Waals surface area contributed by atoms with E-state index in [4.69, 9.17) is 0 Å². The zero-order valence-electron chi connectivity index (χ0n) is 11.3. The molecule has 0 aliphatic rings. The third kappa shape index (κ3) is 2.49. The van der Waals surface area contributed by atoms with E-state index in [0.29, 0.717) is 17.8 Å². The molecule has 106 valence electrons. The Labute approximate surface area is 129 Å². The van der Waals surface area contributed by atoms with E-state index in [2.05, 4.69) is 20.9 Å². The molecule has 0 saturated carbocycles. The van der Waals surface area contributed by atoms with Crippen molar-refractivity contribution < 1.29 is 4.39 Å². The summed E-state index contributed by atoms with van der Waals surface area (Å²) in [6.45, 7) is 1.94. The largest absolute Gasteiger partial charge is 0.268 e. The molecule has 0 unspecified atom stereocenters. The van der Waals surface area contributed by atoms with E-state index in [9.17, 15) is 9.18 Å². The van der Waals surface area contributed by atoms with Gasteiger partial charge in [-0.15, -0.1) is 0 Å². The van der Waals surface area contributed by atoms with E-state index >= 15 is 0 Å². The molecule has 0 bridgehead atoms. The summed E-state index contributed by atoms with van der Waals surface area (Å²) < 4.78 is 15.9. The first-order chi connectivity index (χ1) is 10.1. The quantitative estimate of drug-likeness (QED) is 0.706. The highest BCUT2D eigenvalue weighted by Gasteiger charge is 2.12. The normalized spacial score (nSPS) is 11.0. The average molecular weight is 347 g/mol. The zero-order valence-corrected chi connectivity index (χ0v) is 12.9. The Balaban J connectivity index is 2.37. The van der Waals surface area contributed by atoms with Crippen LogP contribution < -0.4 is 5.56 Å². The van der Waals surface area contributed by atoms with Crippen LogP contribution in [-0.2, 0) is 6.42 Å². The summed E-state index contributed by atoms with van der Waals surface area (Å²) in [6, 6.07) is 11.5. The first kappa shape index (κ1) is 13.9. The van der Waals surface area contributed by atoms with Crippen LogP contribution in [0.4, 0.5) is 4.39 Å². The van der Waals surface area contributed by atoms with Crippen molar-refractivity contribution in [3.8, 4) is 5.69 Å². The highest BCUT2D eigenvalue weighted by Crippen LogP contribution is 2.17. The summed E-state index contributed by atoms with van der Waals surface area (Å²) in [5.74, 6) is 0.217. The number of nitrogens with zero attached hydrogens (tertiary/aromatic N) is 2. The Bertz CT molecular complexity index is 872. The van der Waals surface area contributed by atoms with Crippen LogP contribution in [0.3, 0.4) is 0 Å². The Kier molecular flexibility index (Phi) is 3.59. The van der Waals surface area contributed by atoms with Gasteiger partial charge in [0.05, 0.1) is 16.6 Å². The van der Waals surface area contributed by atoms with E-state index in [1.54, 1.807) is 0 Å². The van der Waals surface area contributed by atoms with Gasteiger partial charge in [-0.2, -0.15) is 0 Å². The fourth-order valence-corrected chi connectivity index (χ4v) is 2.56. The Morgan fingerprint density at radius 3 is 2.57 bits per heavy atom. The third-order valence-corrected chi connectivity index (χ3v) is 3.83. The molecule has 0 saturated heterocycles. The molecule has 3 rings (SSSR count). The molecule has 0 aliphatic heterocycles. The first-order valence-corrected chi connectivity index (χ1v) is 7.36. The predicted molar refractivity (Wildman–Crippen MR) is 84.4 cm³/mol. The van der Waals surface area contributed by atoms with Crippen LogP contribution in [0.15, 0.2) is 51.7 Å². The summed E-state index contributed by atoms with van der Waals surface area (Å²) >= 11 is 3.37. The number of fused-ring (bicyclic) bond motifs is 1. The second kappa shape index (κ2) is 5.41. The number of hydrogen-bond acceptors (Lipinski definition) is 2. The molecule has 0 N–H and O–H groups in total. The molecule has 21 heavy (non-hydrogen) atoms. The van der Waals surface area contributed by atoms with Gasteiger partial charge in [0, 0.05) is 10.9 Å². The molecule has 3 nitrogen and oxygen atoms in total. The summed E-state index contributed by atoms with van der Waals surface area (Å²) in [5.41, 5.74) is 0.990. The van der Waals surface area contributed by atoms with Gasteiger partial charge in [0.1, 0.15) is 11.6 Å². The SMILES string of the molecule is CCc1nc2ccc(F)cc2c(=O)n1-c1ccc(Br)cc1. The van der Waals surface area contributed by atoms with Crippen molar-refractivity contribution >= 4 is 26.8 Å². The maximum absolute atomic E-state index is 13.4. The minimum absolute atomic E-state index is 0.251. The van der Waals surface area contributed by atoms with Crippen molar-refractivity contribution in [2.45, 2.75) is 13.3 Å². The maximum Gasteiger partial charge on any atom is 0.266 e. The van der Waals surface area contributed by atoms with E-state index in [1.807, 2.05) is 31.2 Å². The summed E-state index contributed by atoms with van der Waals surface area (Å²) in [7, 11) is 0. The molecule has 1 heterocycles. The molecule has 0 radical (unpaired) electrons. The van der Waals surface area contributed by atoms with Gasteiger partial charge in [0.15, 0.2) is 0 Å². The van der Waals surface area contributed by atoms with E-state index < -0.39 is 5.82 Å². The number of rotatable bonds is 2. The van der Waals surface area contributed by atoms with Crippen LogP contribution in [0.1, 0.15) is 12.7 Å². The van der Waals surface area contributed by atoms with Gasteiger partial charge < -0.3 is 0 Å². The van der Waals surface area contributed by atoms with Crippen molar-refractivity contribution in [2.75, 3.05) is 0 Å². The average Bonchev–Trinajstić information content (AvgIpc) is 2.49. The number of hydrogen-bond donors (Lipinski definition) is 0. The van der Waals surface area contributed by atoms with Crippen molar-refractivity contribution in [3.63, 3.8) is 0 Å². The molecule has 0 fully saturated rings. The second-order valence-corrected chi connectivity index (χ2v) is 5.58. The monoisotopic (exact) mass is 346 g/mol. The molecular formula is C16H12BrFN2O.